The van der Waals surface area contributed by atoms with E-state index in [4.69, 9.17) is 9.47 Å². The highest BCUT2D eigenvalue weighted by Gasteiger charge is 2.74. The molecule has 84 heavy (non-hydrogen) atoms. The highest BCUT2D eigenvalue weighted by atomic mass is 16.7. The van der Waals surface area contributed by atoms with Crippen LogP contribution in [-0.4, -0.2) is 108 Å². The van der Waals surface area contributed by atoms with Crippen LogP contribution in [0.25, 0.3) is 0 Å². The Kier molecular flexibility index (Phi) is 179. The summed E-state index contributed by atoms with van der Waals surface area (Å²) in [5.41, 5.74) is -6.65. The summed E-state index contributed by atoms with van der Waals surface area (Å²) in [7, 11) is 0. The van der Waals surface area contributed by atoms with E-state index in [1.807, 2.05) is 26.8 Å². The van der Waals surface area contributed by atoms with Gasteiger partial charge >= 0.3 is 0 Å². The molecule has 3 fully saturated rings. The van der Waals surface area contributed by atoms with Crippen LogP contribution in [-0.2, 0) is 23.9 Å². The first-order valence-electron chi connectivity index (χ1n) is 16.7. The first-order valence-corrected chi connectivity index (χ1v) is 16.7. The van der Waals surface area contributed by atoms with E-state index in [1.54, 1.807) is 19.9 Å². The van der Waals surface area contributed by atoms with E-state index >= 15 is 0 Å². The molecule has 1 saturated heterocycles. The molecule has 0 spiro atoms. The summed E-state index contributed by atoms with van der Waals surface area (Å²) in [5, 5.41) is 74.4. The van der Waals surface area contributed by atoms with Crippen molar-refractivity contribution < 1.29 is 59.6 Å². The maximum Gasteiger partial charge on any atom is 0.229 e. The van der Waals surface area contributed by atoms with Crippen LogP contribution in [0.2, 0.25) is 0 Å². The SMILES string of the molecule is C.C.C.C.C.C.C.C.C.C.C.C.C.C.C.C.C.C.C.C.C.C.C.C.C.C.C.C.C.C.C.C.C.C.C.C.CC(C)(O)/C=C/C(=O)[C@](C)(O)C1[C@H](O)C[C@@]2(C)C3CC=C4C(C=C(O[C@@H]5OC(CO)[C@@H](O)[C@H](O)C5O)C(=O)C4(C)C)[C@]3(C)C(=O)C[C@]12C. The first-order chi connectivity index (χ1) is 21.9. The molecule has 0 aromatic carbocycles. The predicted molar refractivity (Wildman–Crippen MR) is 413 cm³/mol. The van der Waals surface area contributed by atoms with Crippen molar-refractivity contribution in [2.75, 3.05) is 6.61 Å². The van der Waals surface area contributed by atoms with Crippen molar-refractivity contribution in [3.63, 3.8) is 0 Å². The topological polar surface area (TPSA) is 211 Å². The van der Waals surface area contributed by atoms with Crippen molar-refractivity contribution in [3.05, 3.63) is 35.6 Å². The molecule has 13 atom stereocenters. The zero-order valence-corrected chi connectivity index (χ0v) is 29.0. The van der Waals surface area contributed by atoms with Crippen molar-refractivity contribution in [3.8, 4) is 0 Å². The van der Waals surface area contributed by atoms with Gasteiger partial charge in [-0.15, -0.1) is 0 Å². The van der Waals surface area contributed by atoms with Crippen molar-refractivity contribution in [2.45, 2.75) is 390 Å². The highest BCUT2D eigenvalue weighted by molar-refractivity contribution is 6.02. The lowest BCUT2D eigenvalue weighted by Crippen LogP contribution is -2.64. The first kappa shape index (κ1) is 215. The minimum Gasteiger partial charge on any atom is -0.459 e. The Morgan fingerprint density at radius 2 is 0.940 bits per heavy atom. The minimum absolute atomic E-state index is 0. The largest absolute Gasteiger partial charge is 0.459 e. The van der Waals surface area contributed by atoms with Crippen molar-refractivity contribution in [1.82, 2.24) is 0 Å². The van der Waals surface area contributed by atoms with Crippen molar-refractivity contribution in [1.29, 1.82) is 0 Å². The molecule has 5 unspecified atom stereocenters. The number of hydrogen-bond acceptors (Lipinski definition) is 12. The molecule has 2 saturated carbocycles. The molecule has 0 bridgehead atoms. The molecule has 556 valence electrons. The summed E-state index contributed by atoms with van der Waals surface area (Å²) in [6.45, 7) is 12.8. The number of rotatable bonds is 7. The number of carbonyl (C=O) groups excluding carboxylic acids is 3. The molecule has 12 heteroatoms. The van der Waals surface area contributed by atoms with Gasteiger partial charge in [0.25, 0.3) is 0 Å². The zero-order valence-electron chi connectivity index (χ0n) is 29.0. The molecule has 0 amide bonds. The van der Waals surface area contributed by atoms with E-state index in [0.717, 1.165) is 11.6 Å². The van der Waals surface area contributed by atoms with Gasteiger partial charge < -0.3 is 45.2 Å². The summed E-state index contributed by atoms with van der Waals surface area (Å²) in [6.07, 6.45) is -2.56. The third-order valence-corrected chi connectivity index (χ3v) is 12.9. The van der Waals surface area contributed by atoms with E-state index in [2.05, 4.69) is 0 Å². The number of ether oxygens (including phenoxy) is 2. The molecule has 0 radical (unpaired) electrons. The summed E-state index contributed by atoms with van der Waals surface area (Å²) >= 11 is 0. The average molecular weight is 1250 g/mol. The number of fused-ring (bicyclic) bond motifs is 5. The minimum atomic E-state index is -2.05. The van der Waals surface area contributed by atoms with Crippen LogP contribution >= 0.6 is 0 Å². The number of aliphatic hydroxyl groups is 7. The lowest BCUT2D eigenvalue weighted by Gasteiger charge is -2.63. The number of Topliss-reactive ketones (excluding diaryl/α,β-unsaturated/α-hetero) is 2. The molecule has 12 nitrogen and oxygen atoms in total. The summed E-state index contributed by atoms with van der Waals surface area (Å²) in [6, 6.07) is 0. The second-order valence-electron chi connectivity index (χ2n) is 16.7. The Morgan fingerprint density at radius 3 is 1.27 bits per heavy atom. The van der Waals surface area contributed by atoms with E-state index in [9.17, 15) is 50.1 Å². The van der Waals surface area contributed by atoms with Gasteiger partial charge in [-0.05, 0) is 76.4 Å². The monoisotopic (exact) mass is 1250 g/mol. The van der Waals surface area contributed by atoms with Gasteiger partial charge in [0.15, 0.2) is 11.5 Å². The Bertz CT molecular complexity index is 1460. The molecule has 7 N–H and O–H groups in total. The summed E-state index contributed by atoms with van der Waals surface area (Å²) in [5.74, 6) is -3.51. The van der Waals surface area contributed by atoms with Crippen LogP contribution in [0.1, 0.15) is 342 Å². The van der Waals surface area contributed by atoms with Gasteiger partial charge in [-0.2, -0.15) is 0 Å². The Hall–Kier alpha value is -2.29. The lowest BCUT2D eigenvalue weighted by atomic mass is 9.39. The van der Waals surface area contributed by atoms with Gasteiger partial charge in [0, 0.05) is 23.7 Å². The number of carbonyl (C=O) groups is 3. The van der Waals surface area contributed by atoms with Gasteiger partial charge in [0.2, 0.25) is 12.1 Å². The Labute approximate surface area is 546 Å². The fourth-order valence-corrected chi connectivity index (χ4v) is 9.94. The molecule has 4 aliphatic carbocycles. The van der Waals surface area contributed by atoms with Crippen LogP contribution in [0.3, 0.4) is 0 Å². The van der Waals surface area contributed by atoms with E-state index < -0.39 is 106 Å². The lowest BCUT2D eigenvalue weighted by molar-refractivity contribution is -0.291. The smallest absolute Gasteiger partial charge is 0.229 e. The zero-order chi connectivity index (χ0) is 36.2. The second-order valence-corrected chi connectivity index (χ2v) is 16.7. The van der Waals surface area contributed by atoms with Crippen LogP contribution in [0.4, 0.5) is 0 Å². The molecule has 1 heterocycles. The number of aliphatic hydroxyl groups excluding tert-OH is 5. The standard InChI is InChI=1S/C36H52O12.36CH4/c1-31(2,45)12-11-23(39)36(8,46)28-19(38)14-33(5)22-10-9-17-18(35(22,7)24(40)15-34(28,33)6)13-20(29(44)32(17,3)4)47-30-27(43)26(42)25(41)21(16-37)48-30;;;;;;;;;;;;;;;;;;;;;;;;;;;;;;;;;;;;/h9,11-13,18-19,21-22,25-28,30,37-38,41-43,45-46H,10,14-16H2,1-8H3;36*1H4/b12-11+;;;;;;;;;;;;;;;;;;;;;;;;;;;;;;;;;;;;/t18?,19-,21?,22?,25-,26+,27?,28?,30-,33+,34-,35+,36+;;;;;;;;;;;;;;;;;;;;;;;;;;;;;;;;;;;;/m1..................................../s1. The number of allylic oxidation sites excluding steroid dienone is 4. The van der Waals surface area contributed by atoms with E-state index in [-0.39, 0.29) is 292 Å². The molecule has 0 aromatic rings. The Balaban J connectivity index is -0.0000000250. The fraction of sp³-hybridized carbons (Fsp3) is 0.875. The predicted octanol–water partition coefficient (Wildman–Crippen LogP) is 23.8. The normalized spacial score (nSPS) is 26.0. The molecule has 5 aliphatic rings. The quantitative estimate of drug-likeness (QED) is 0.0938. The molecular formula is C72H196O12. The van der Waals surface area contributed by atoms with E-state index in [1.165, 1.54) is 26.8 Å². The van der Waals surface area contributed by atoms with E-state index in [0.29, 0.717) is 6.42 Å². The molecule has 1 aliphatic heterocycles. The molecule has 5 rings (SSSR count). The number of hydrogen-bond donors (Lipinski definition) is 7. The Morgan fingerprint density at radius 1 is 0.583 bits per heavy atom. The third-order valence-electron chi connectivity index (χ3n) is 12.9. The number of ketones is 3. The van der Waals surface area contributed by atoms with Gasteiger partial charge in [-0.3, -0.25) is 14.4 Å². The summed E-state index contributed by atoms with van der Waals surface area (Å²) in [4.78, 5) is 41.9. The summed E-state index contributed by atoms with van der Waals surface area (Å²) < 4.78 is 11.5. The van der Waals surface area contributed by atoms with Gasteiger partial charge in [-0.25, -0.2) is 0 Å². The second kappa shape index (κ2) is 69.8. The average Bonchev–Trinajstić information content (AvgIpc) is 3.19. The highest BCUT2D eigenvalue weighted by Crippen LogP contribution is 2.73. The van der Waals surface area contributed by atoms with Crippen LogP contribution in [0, 0.1) is 39.4 Å². The van der Waals surface area contributed by atoms with Crippen molar-refractivity contribution in [2.24, 2.45) is 39.4 Å². The van der Waals surface area contributed by atoms with Crippen LogP contribution in [0.5, 0.6) is 0 Å². The van der Waals surface area contributed by atoms with Crippen LogP contribution < -0.4 is 0 Å². The van der Waals surface area contributed by atoms with Crippen LogP contribution in [0.15, 0.2) is 35.6 Å². The van der Waals surface area contributed by atoms with Crippen molar-refractivity contribution >= 4 is 17.3 Å². The van der Waals surface area contributed by atoms with Gasteiger partial charge in [0.1, 0.15) is 35.8 Å². The maximum absolute atomic E-state index is 14.7. The third kappa shape index (κ3) is 32.3. The van der Waals surface area contributed by atoms with Gasteiger partial charge in [-0.1, -0.05) is 306 Å². The van der Waals surface area contributed by atoms with Gasteiger partial charge in [0.05, 0.1) is 23.7 Å². The molecule has 0 aromatic heterocycles. The maximum atomic E-state index is 14.7. The molecular weight excluding hydrogens is 1060 g/mol. The fourth-order valence-electron chi connectivity index (χ4n) is 9.94.